The second kappa shape index (κ2) is 3.36. The molecule has 0 amide bonds. The van der Waals surface area contributed by atoms with E-state index in [1.807, 2.05) is 0 Å². The van der Waals surface area contributed by atoms with Crippen LogP contribution in [0.15, 0.2) is 18.2 Å². The van der Waals surface area contributed by atoms with E-state index in [-0.39, 0.29) is 0 Å². The summed E-state index contributed by atoms with van der Waals surface area (Å²) in [7, 11) is 2.16. The van der Waals surface area contributed by atoms with Crippen LogP contribution in [0.2, 0.25) is 0 Å². The van der Waals surface area contributed by atoms with E-state index in [2.05, 4.69) is 36.7 Å². The Morgan fingerprint density at radius 3 is 3.00 bits per heavy atom. The molecular weight excluding hydrogens is 196 g/mol. The van der Waals surface area contributed by atoms with Gasteiger partial charge in [0.25, 0.3) is 0 Å². The molecule has 1 aromatic heterocycles. The SMILES string of the molecule is Cc1ccc2c(c1)c1c(n2C)CC(N)CC1. The van der Waals surface area contributed by atoms with Gasteiger partial charge in [-0.3, -0.25) is 0 Å². The summed E-state index contributed by atoms with van der Waals surface area (Å²) in [6.07, 6.45) is 3.29. The van der Waals surface area contributed by atoms with Crippen LogP contribution >= 0.6 is 0 Å². The number of aryl methyl sites for hydroxylation is 3. The highest BCUT2D eigenvalue weighted by Crippen LogP contribution is 2.31. The first kappa shape index (κ1) is 9.91. The van der Waals surface area contributed by atoms with Gasteiger partial charge in [0, 0.05) is 36.1 Å². The van der Waals surface area contributed by atoms with Gasteiger partial charge in [0.15, 0.2) is 0 Å². The highest BCUT2D eigenvalue weighted by Gasteiger charge is 2.21. The van der Waals surface area contributed by atoms with Crippen molar-refractivity contribution in [3.8, 4) is 0 Å². The van der Waals surface area contributed by atoms with E-state index in [0.717, 1.165) is 19.3 Å². The Morgan fingerprint density at radius 2 is 2.19 bits per heavy atom. The molecule has 0 spiro atoms. The number of nitrogens with zero attached hydrogens (tertiary/aromatic N) is 1. The summed E-state index contributed by atoms with van der Waals surface area (Å²) >= 11 is 0. The Bertz CT molecular complexity index is 551. The molecule has 0 radical (unpaired) electrons. The van der Waals surface area contributed by atoms with Crippen LogP contribution in [0.25, 0.3) is 10.9 Å². The number of benzene rings is 1. The summed E-state index contributed by atoms with van der Waals surface area (Å²) in [5.41, 5.74) is 11.7. The maximum absolute atomic E-state index is 6.06. The Hall–Kier alpha value is -1.28. The first-order valence-corrected chi connectivity index (χ1v) is 5.99. The molecule has 1 heterocycles. The molecule has 1 unspecified atom stereocenters. The van der Waals surface area contributed by atoms with E-state index in [0.29, 0.717) is 6.04 Å². The third-order valence-corrected chi connectivity index (χ3v) is 3.81. The predicted octanol–water partition coefficient (Wildman–Crippen LogP) is 2.30. The number of nitrogens with two attached hydrogens (primary N) is 1. The zero-order valence-electron chi connectivity index (χ0n) is 9.96. The predicted molar refractivity (Wildman–Crippen MR) is 67.7 cm³/mol. The Labute approximate surface area is 96.1 Å². The standard InChI is InChI=1S/C14H18N2/c1-9-3-6-13-12(7-9)11-5-4-10(15)8-14(11)16(13)2/h3,6-7,10H,4-5,8,15H2,1-2H3. The van der Waals surface area contributed by atoms with E-state index < -0.39 is 0 Å². The van der Waals surface area contributed by atoms with Crippen molar-refractivity contribution in [2.24, 2.45) is 12.8 Å². The van der Waals surface area contributed by atoms with Crippen LogP contribution in [0.4, 0.5) is 0 Å². The second-order valence-electron chi connectivity index (χ2n) is 5.01. The van der Waals surface area contributed by atoms with E-state index in [4.69, 9.17) is 5.73 Å². The van der Waals surface area contributed by atoms with E-state index >= 15 is 0 Å². The van der Waals surface area contributed by atoms with Crippen molar-refractivity contribution in [2.75, 3.05) is 0 Å². The smallest absolute Gasteiger partial charge is 0.0482 e. The maximum atomic E-state index is 6.06. The third-order valence-electron chi connectivity index (χ3n) is 3.81. The summed E-state index contributed by atoms with van der Waals surface area (Å²) in [4.78, 5) is 0. The molecule has 0 fully saturated rings. The minimum Gasteiger partial charge on any atom is -0.347 e. The van der Waals surface area contributed by atoms with Gasteiger partial charge in [-0.1, -0.05) is 11.6 Å². The van der Waals surface area contributed by atoms with Gasteiger partial charge in [0.05, 0.1) is 0 Å². The largest absolute Gasteiger partial charge is 0.347 e. The highest BCUT2D eigenvalue weighted by atomic mass is 15.0. The van der Waals surface area contributed by atoms with Crippen molar-refractivity contribution < 1.29 is 0 Å². The Balaban J connectivity index is 2.32. The van der Waals surface area contributed by atoms with Gasteiger partial charge in [0.2, 0.25) is 0 Å². The molecule has 1 aliphatic rings. The van der Waals surface area contributed by atoms with Crippen molar-refractivity contribution >= 4 is 10.9 Å². The lowest BCUT2D eigenvalue weighted by molar-refractivity contribution is 0.558. The monoisotopic (exact) mass is 214 g/mol. The van der Waals surface area contributed by atoms with E-state index in [9.17, 15) is 0 Å². The Kier molecular flexibility index (Phi) is 2.08. The van der Waals surface area contributed by atoms with Gasteiger partial charge < -0.3 is 10.3 Å². The van der Waals surface area contributed by atoms with Gasteiger partial charge in [-0.25, -0.2) is 0 Å². The minimum absolute atomic E-state index is 0.344. The molecule has 2 aromatic rings. The van der Waals surface area contributed by atoms with Crippen molar-refractivity contribution in [3.63, 3.8) is 0 Å². The van der Waals surface area contributed by atoms with Crippen LogP contribution in [-0.4, -0.2) is 10.6 Å². The van der Waals surface area contributed by atoms with Crippen molar-refractivity contribution in [1.29, 1.82) is 0 Å². The molecule has 3 rings (SSSR count). The van der Waals surface area contributed by atoms with Crippen molar-refractivity contribution in [2.45, 2.75) is 32.2 Å². The molecular formula is C14H18N2. The normalized spacial score (nSPS) is 20.1. The second-order valence-corrected chi connectivity index (χ2v) is 5.01. The summed E-state index contributed by atoms with van der Waals surface area (Å²) in [6.45, 7) is 2.16. The van der Waals surface area contributed by atoms with E-state index in [1.165, 1.54) is 27.7 Å². The van der Waals surface area contributed by atoms with Gasteiger partial charge in [-0.15, -0.1) is 0 Å². The van der Waals surface area contributed by atoms with Crippen LogP contribution in [-0.2, 0) is 19.9 Å². The first-order chi connectivity index (χ1) is 7.66. The molecule has 0 aliphatic heterocycles. The highest BCUT2D eigenvalue weighted by molar-refractivity contribution is 5.86. The van der Waals surface area contributed by atoms with Gasteiger partial charge in [0.1, 0.15) is 0 Å². The molecule has 2 nitrogen and oxygen atoms in total. The lowest BCUT2D eigenvalue weighted by Crippen LogP contribution is -2.28. The molecule has 0 saturated carbocycles. The van der Waals surface area contributed by atoms with Crippen LogP contribution in [0, 0.1) is 6.92 Å². The van der Waals surface area contributed by atoms with Crippen LogP contribution in [0.3, 0.4) is 0 Å². The summed E-state index contributed by atoms with van der Waals surface area (Å²) < 4.78 is 2.32. The molecule has 1 atom stereocenters. The molecule has 1 aliphatic carbocycles. The zero-order valence-corrected chi connectivity index (χ0v) is 9.96. The molecule has 2 heteroatoms. The number of fused-ring (bicyclic) bond motifs is 3. The Morgan fingerprint density at radius 1 is 1.38 bits per heavy atom. The summed E-state index contributed by atoms with van der Waals surface area (Å²) in [5.74, 6) is 0. The van der Waals surface area contributed by atoms with Crippen molar-refractivity contribution in [3.05, 3.63) is 35.0 Å². The van der Waals surface area contributed by atoms with E-state index in [1.54, 1.807) is 0 Å². The fraction of sp³-hybridized carbons (Fsp3) is 0.429. The quantitative estimate of drug-likeness (QED) is 0.716. The number of hydrogen-bond acceptors (Lipinski definition) is 1. The zero-order chi connectivity index (χ0) is 11.3. The molecule has 84 valence electrons. The first-order valence-electron chi connectivity index (χ1n) is 5.99. The van der Waals surface area contributed by atoms with Gasteiger partial charge in [-0.05, 0) is 37.5 Å². The maximum Gasteiger partial charge on any atom is 0.0482 e. The average molecular weight is 214 g/mol. The molecule has 0 saturated heterocycles. The molecule has 2 N–H and O–H groups in total. The summed E-state index contributed by atoms with van der Waals surface area (Å²) in [6, 6.07) is 7.07. The lowest BCUT2D eigenvalue weighted by Gasteiger charge is -2.19. The van der Waals surface area contributed by atoms with Crippen LogP contribution < -0.4 is 5.73 Å². The van der Waals surface area contributed by atoms with Crippen LogP contribution in [0.5, 0.6) is 0 Å². The number of rotatable bonds is 0. The minimum atomic E-state index is 0.344. The topological polar surface area (TPSA) is 30.9 Å². The fourth-order valence-electron chi connectivity index (χ4n) is 2.91. The average Bonchev–Trinajstić information content (AvgIpc) is 2.52. The molecule has 16 heavy (non-hydrogen) atoms. The van der Waals surface area contributed by atoms with Gasteiger partial charge >= 0.3 is 0 Å². The van der Waals surface area contributed by atoms with Gasteiger partial charge in [-0.2, -0.15) is 0 Å². The molecule has 1 aromatic carbocycles. The molecule has 0 bridgehead atoms. The van der Waals surface area contributed by atoms with Crippen LogP contribution in [0.1, 0.15) is 23.2 Å². The fourth-order valence-corrected chi connectivity index (χ4v) is 2.91. The lowest BCUT2D eigenvalue weighted by atomic mass is 9.92. The third kappa shape index (κ3) is 1.30. The number of hydrogen-bond donors (Lipinski definition) is 1. The summed E-state index contributed by atoms with van der Waals surface area (Å²) in [5, 5.41) is 1.43. The van der Waals surface area contributed by atoms with Crippen molar-refractivity contribution in [1.82, 2.24) is 4.57 Å². The number of aromatic nitrogens is 1.